The fourth-order valence-electron chi connectivity index (χ4n) is 1.82. The number of unbranched alkanes of at least 4 members (excludes halogenated alkanes) is 1. The van der Waals surface area contributed by atoms with Crippen LogP contribution in [0.1, 0.15) is 35.8 Å². The summed E-state index contributed by atoms with van der Waals surface area (Å²) in [4.78, 5) is 20.5. The molecule has 0 saturated heterocycles. The zero-order valence-electron chi connectivity index (χ0n) is 10.7. The Labute approximate surface area is 106 Å². The number of nitrogens with one attached hydrogen (secondary N) is 1. The molecule has 0 spiro atoms. The van der Waals surface area contributed by atoms with Gasteiger partial charge < -0.3 is 5.32 Å². The topological polar surface area (TPSA) is 54.9 Å². The number of amides is 1. The fraction of sp³-hybridized carbons (Fsp3) is 0.357. The molecule has 4 heteroatoms. The van der Waals surface area contributed by atoms with Gasteiger partial charge in [-0.25, -0.2) is 0 Å². The minimum atomic E-state index is -0.0563. The van der Waals surface area contributed by atoms with E-state index in [9.17, 15) is 4.79 Å². The van der Waals surface area contributed by atoms with E-state index >= 15 is 0 Å². The van der Waals surface area contributed by atoms with E-state index in [1.165, 1.54) is 0 Å². The second-order valence-electron chi connectivity index (χ2n) is 4.30. The van der Waals surface area contributed by atoms with Gasteiger partial charge in [-0.3, -0.25) is 14.8 Å². The van der Waals surface area contributed by atoms with Gasteiger partial charge >= 0.3 is 0 Å². The standard InChI is InChI=1S/C14H17N3O/c1-3-4-6-16-14(18)12-8-11-9-15-7-5-13(11)17-10(12)2/h5,7-9H,3-4,6H2,1-2H3,(H,16,18). The van der Waals surface area contributed by atoms with Crippen molar-refractivity contribution in [2.75, 3.05) is 6.54 Å². The first kappa shape index (κ1) is 12.5. The third-order valence-electron chi connectivity index (χ3n) is 2.87. The summed E-state index contributed by atoms with van der Waals surface area (Å²) in [6.07, 6.45) is 5.49. The molecule has 0 aliphatic rings. The van der Waals surface area contributed by atoms with Crippen LogP contribution in [0, 0.1) is 6.92 Å². The normalized spacial score (nSPS) is 10.6. The fourth-order valence-corrected chi connectivity index (χ4v) is 1.82. The Morgan fingerprint density at radius 3 is 3.06 bits per heavy atom. The summed E-state index contributed by atoms with van der Waals surface area (Å²) in [6, 6.07) is 3.70. The molecule has 0 aliphatic heterocycles. The SMILES string of the molecule is CCCCNC(=O)c1cc2cnccc2nc1C. The molecule has 2 heterocycles. The van der Waals surface area contributed by atoms with Crippen LogP contribution in [0.5, 0.6) is 0 Å². The Hall–Kier alpha value is -1.97. The lowest BCUT2D eigenvalue weighted by atomic mass is 10.1. The Kier molecular flexibility index (Phi) is 3.87. The van der Waals surface area contributed by atoms with Crippen molar-refractivity contribution in [1.29, 1.82) is 0 Å². The van der Waals surface area contributed by atoms with Crippen molar-refractivity contribution in [3.05, 3.63) is 35.8 Å². The van der Waals surface area contributed by atoms with Crippen LogP contribution >= 0.6 is 0 Å². The molecule has 18 heavy (non-hydrogen) atoms. The van der Waals surface area contributed by atoms with Gasteiger partial charge in [0.05, 0.1) is 16.8 Å². The maximum absolute atomic E-state index is 12.0. The molecule has 0 aliphatic carbocycles. The highest BCUT2D eigenvalue weighted by atomic mass is 16.1. The third-order valence-corrected chi connectivity index (χ3v) is 2.87. The first-order valence-electron chi connectivity index (χ1n) is 6.22. The number of nitrogens with zero attached hydrogens (tertiary/aromatic N) is 2. The smallest absolute Gasteiger partial charge is 0.253 e. The highest BCUT2D eigenvalue weighted by molar-refractivity contribution is 5.98. The average Bonchev–Trinajstić information content (AvgIpc) is 2.38. The lowest BCUT2D eigenvalue weighted by Gasteiger charge is -2.08. The number of aryl methyl sites for hydroxylation is 1. The van der Waals surface area contributed by atoms with E-state index in [1.54, 1.807) is 12.4 Å². The van der Waals surface area contributed by atoms with Crippen molar-refractivity contribution in [1.82, 2.24) is 15.3 Å². The molecule has 0 saturated carbocycles. The van der Waals surface area contributed by atoms with Crippen LogP contribution in [-0.4, -0.2) is 22.4 Å². The van der Waals surface area contributed by atoms with Crippen molar-refractivity contribution in [2.45, 2.75) is 26.7 Å². The molecule has 2 aromatic heterocycles. The Balaban J connectivity index is 2.27. The third kappa shape index (κ3) is 2.64. The number of hydrogen-bond donors (Lipinski definition) is 1. The van der Waals surface area contributed by atoms with E-state index in [-0.39, 0.29) is 5.91 Å². The number of fused-ring (bicyclic) bond motifs is 1. The lowest BCUT2D eigenvalue weighted by Crippen LogP contribution is -2.25. The predicted octanol–water partition coefficient (Wildman–Crippen LogP) is 2.47. The summed E-state index contributed by atoms with van der Waals surface area (Å²) in [5.41, 5.74) is 2.25. The molecule has 0 radical (unpaired) electrons. The zero-order chi connectivity index (χ0) is 13.0. The molecule has 0 unspecified atom stereocenters. The van der Waals surface area contributed by atoms with E-state index < -0.39 is 0 Å². The summed E-state index contributed by atoms with van der Waals surface area (Å²) in [5.74, 6) is -0.0563. The Morgan fingerprint density at radius 2 is 2.28 bits per heavy atom. The number of aromatic nitrogens is 2. The molecular formula is C14H17N3O. The Morgan fingerprint density at radius 1 is 1.44 bits per heavy atom. The maximum Gasteiger partial charge on any atom is 0.253 e. The second-order valence-corrected chi connectivity index (χ2v) is 4.30. The number of rotatable bonds is 4. The van der Waals surface area contributed by atoms with Crippen molar-refractivity contribution in [3.8, 4) is 0 Å². The number of hydrogen-bond acceptors (Lipinski definition) is 3. The summed E-state index contributed by atoms with van der Waals surface area (Å²) >= 11 is 0. The first-order valence-corrected chi connectivity index (χ1v) is 6.22. The van der Waals surface area contributed by atoms with Crippen molar-refractivity contribution < 1.29 is 4.79 Å². The molecule has 2 rings (SSSR count). The number of pyridine rings is 2. The molecule has 2 aromatic rings. The Bertz CT molecular complexity index is 566. The minimum absolute atomic E-state index is 0.0563. The summed E-state index contributed by atoms with van der Waals surface area (Å²) in [5, 5.41) is 3.80. The molecule has 0 atom stereocenters. The van der Waals surface area contributed by atoms with Gasteiger partial charge in [-0.2, -0.15) is 0 Å². The number of carbonyl (C=O) groups is 1. The lowest BCUT2D eigenvalue weighted by molar-refractivity contribution is 0.0952. The van der Waals surface area contributed by atoms with E-state index in [0.29, 0.717) is 12.1 Å². The molecule has 4 nitrogen and oxygen atoms in total. The summed E-state index contributed by atoms with van der Waals surface area (Å²) in [7, 11) is 0. The monoisotopic (exact) mass is 243 g/mol. The van der Waals surface area contributed by atoms with E-state index in [1.807, 2.05) is 19.1 Å². The molecule has 0 aromatic carbocycles. The summed E-state index contributed by atoms with van der Waals surface area (Å²) in [6.45, 7) is 4.66. The van der Waals surface area contributed by atoms with Gasteiger partial charge in [0, 0.05) is 24.3 Å². The van der Waals surface area contributed by atoms with Crippen LogP contribution < -0.4 is 5.32 Å². The van der Waals surface area contributed by atoms with Crippen molar-refractivity contribution in [3.63, 3.8) is 0 Å². The van der Waals surface area contributed by atoms with Gasteiger partial charge in [0.15, 0.2) is 0 Å². The highest BCUT2D eigenvalue weighted by Crippen LogP contribution is 2.15. The highest BCUT2D eigenvalue weighted by Gasteiger charge is 2.10. The van der Waals surface area contributed by atoms with Crippen LogP contribution in [0.25, 0.3) is 10.9 Å². The molecule has 1 amide bonds. The van der Waals surface area contributed by atoms with Gasteiger partial charge in [-0.05, 0) is 25.5 Å². The van der Waals surface area contributed by atoms with Crippen LogP contribution in [0.4, 0.5) is 0 Å². The van der Waals surface area contributed by atoms with Gasteiger partial charge in [-0.1, -0.05) is 13.3 Å². The van der Waals surface area contributed by atoms with Crippen molar-refractivity contribution in [2.24, 2.45) is 0 Å². The second kappa shape index (κ2) is 5.58. The van der Waals surface area contributed by atoms with Gasteiger partial charge in [0.25, 0.3) is 5.91 Å². The van der Waals surface area contributed by atoms with Gasteiger partial charge in [0.1, 0.15) is 0 Å². The van der Waals surface area contributed by atoms with Crippen LogP contribution in [0.2, 0.25) is 0 Å². The predicted molar refractivity (Wildman–Crippen MR) is 71.5 cm³/mol. The van der Waals surface area contributed by atoms with Gasteiger partial charge in [0.2, 0.25) is 0 Å². The summed E-state index contributed by atoms with van der Waals surface area (Å²) < 4.78 is 0. The van der Waals surface area contributed by atoms with E-state index in [4.69, 9.17) is 0 Å². The van der Waals surface area contributed by atoms with Crippen molar-refractivity contribution >= 4 is 16.8 Å². The largest absolute Gasteiger partial charge is 0.352 e. The maximum atomic E-state index is 12.0. The van der Waals surface area contributed by atoms with Crippen LogP contribution in [0.15, 0.2) is 24.5 Å². The number of carbonyl (C=O) groups excluding carboxylic acids is 1. The van der Waals surface area contributed by atoms with Gasteiger partial charge in [-0.15, -0.1) is 0 Å². The van der Waals surface area contributed by atoms with E-state index in [2.05, 4.69) is 22.2 Å². The molecule has 1 N–H and O–H groups in total. The minimum Gasteiger partial charge on any atom is -0.352 e. The molecule has 94 valence electrons. The van der Waals surface area contributed by atoms with E-state index in [0.717, 1.165) is 29.4 Å². The van der Waals surface area contributed by atoms with Crippen LogP contribution in [-0.2, 0) is 0 Å². The molecule has 0 fully saturated rings. The molecule has 0 bridgehead atoms. The molecular weight excluding hydrogens is 226 g/mol. The zero-order valence-corrected chi connectivity index (χ0v) is 10.7. The first-order chi connectivity index (χ1) is 8.72. The quantitative estimate of drug-likeness (QED) is 0.839. The van der Waals surface area contributed by atoms with Crippen LogP contribution in [0.3, 0.4) is 0 Å². The average molecular weight is 243 g/mol.